The largest absolute Gasteiger partial charge is 0.463 e. The summed E-state index contributed by atoms with van der Waals surface area (Å²) in [6, 6.07) is 3.41. The second-order valence-corrected chi connectivity index (χ2v) is 3.63. The number of ether oxygens (including phenoxy) is 1. The summed E-state index contributed by atoms with van der Waals surface area (Å²) in [6.45, 7) is 1.65. The molecule has 1 atom stereocenters. The Bertz CT molecular complexity index is 548. The first-order valence-corrected chi connectivity index (χ1v) is 5.26. The number of carbonyl (C=O) groups excluding carboxylic acids is 1. The zero-order valence-corrected chi connectivity index (χ0v) is 9.94. The molecule has 7 nitrogen and oxygen atoms in total. The van der Waals surface area contributed by atoms with Crippen molar-refractivity contribution in [2.24, 2.45) is 0 Å². The fourth-order valence-corrected chi connectivity index (χ4v) is 1.34. The zero-order chi connectivity index (χ0) is 13.1. The average molecular weight is 248 g/mol. The van der Waals surface area contributed by atoms with Crippen LogP contribution < -0.4 is 0 Å². The number of aromatic nitrogens is 4. The lowest BCUT2D eigenvalue weighted by molar-refractivity contribution is 0.0587. The summed E-state index contributed by atoms with van der Waals surface area (Å²) in [5.74, 6) is -0.129. The Labute approximate surface area is 103 Å². The van der Waals surface area contributed by atoms with E-state index < -0.39 is 12.1 Å². The van der Waals surface area contributed by atoms with Gasteiger partial charge in [0.05, 0.1) is 13.2 Å². The van der Waals surface area contributed by atoms with Crippen molar-refractivity contribution >= 4 is 5.97 Å². The number of aliphatic hydroxyl groups is 1. The summed E-state index contributed by atoms with van der Waals surface area (Å²) in [5.41, 5.74) is 0.701. The summed E-state index contributed by atoms with van der Waals surface area (Å²) in [6.07, 6.45) is 2.34. The second kappa shape index (κ2) is 4.92. The van der Waals surface area contributed by atoms with Crippen LogP contribution in [0.1, 0.15) is 29.2 Å². The maximum absolute atomic E-state index is 11.2. The van der Waals surface area contributed by atoms with Crippen molar-refractivity contribution in [2.75, 3.05) is 7.11 Å². The van der Waals surface area contributed by atoms with Crippen LogP contribution in [0.5, 0.6) is 0 Å². The number of pyridine rings is 1. The van der Waals surface area contributed by atoms with Crippen molar-refractivity contribution in [1.82, 2.24) is 19.7 Å². The molecule has 2 aromatic heterocycles. The summed E-state index contributed by atoms with van der Waals surface area (Å²) in [5, 5.41) is 13.3. The first-order valence-electron chi connectivity index (χ1n) is 5.26. The summed E-state index contributed by atoms with van der Waals surface area (Å²) < 4.78 is 5.86. The Kier molecular flexibility index (Phi) is 3.33. The van der Waals surface area contributed by atoms with Crippen LogP contribution in [0.2, 0.25) is 0 Å². The van der Waals surface area contributed by atoms with Gasteiger partial charge in [0.1, 0.15) is 6.33 Å². The van der Waals surface area contributed by atoms with E-state index in [9.17, 15) is 9.90 Å². The van der Waals surface area contributed by atoms with Crippen molar-refractivity contribution < 1.29 is 14.6 Å². The highest BCUT2D eigenvalue weighted by Gasteiger charge is 2.12. The van der Waals surface area contributed by atoms with Gasteiger partial charge in [-0.1, -0.05) is 6.07 Å². The predicted octanol–water partition coefficient (Wildman–Crippen LogP) is 0.502. The molecule has 1 N–H and O–H groups in total. The molecule has 0 saturated carbocycles. The molecule has 2 heterocycles. The highest BCUT2D eigenvalue weighted by atomic mass is 16.5. The minimum Gasteiger partial charge on any atom is -0.463 e. The van der Waals surface area contributed by atoms with Gasteiger partial charge in [0, 0.05) is 6.20 Å². The van der Waals surface area contributed by atoms with Crippen LogP contribution in [0.3, 0.4) is 0 Å². The highest BCUT2D eigenvalue weighted by Crippen LogP contribution is 2.12. The number of hydrogen-bond donors (Lipinski definition) is 1. The Balaban J connectivity index is 2.26. The molecule has 18 heavy (non-hydrogen) atoms. The lowest BCUT2D eigenvalue weighted by atomic mass is 10.2. The van der Waals surface area contributed by atoms with E-state index in [1.807, 2.05) is 0 Å². The molecule has 0 radical (unpaired) electrons. The van der Waals surface area contributed by atoms with Gasteiger partial charge in [0.15, 0.2) is 5.82 Å². The molecule has 0 aromatic carbocycles. The Morgan fingerprint density at radius 1 is 1.44 bits per heavy atom. The molecule has 0 amide bonds. The quantitative estimate of drug-likeness (QED) is 0.795. The van der Waals surface area contributed by atoms with Gasteiger partial charge in [-0.25, -0.2) is 19.4 Å². The molecule has 94 valence electrons. The minimum absolute atomic E-state index is 0.0288. The number of nitrogens with zero attached hydrogens (tertiary/aromatic N) is 4. The molecule has 0 saturated heterocycles. The lowest BCUT2D eigenvalue weighted by Crippen LogP contribution is -2.06. The standard InChI is InChI=1S/C11H12N4O3/c1-7(16)8-3-4-9(12-5-8)15-6-13-10(14-15)11(17)18-2/h3-7,16H,1-2H3/t7-/m1/s1. The first kappa shape index (κ1) is 12.2. The predicted molar refractivity (Wildman–Crippen MR) is 61.1 cm³/mol. The molecule has 2 rings (SSSR count). The molecule has 0 aliphatic carbocycles. The van der Waals surface area contributed by atoms with Gasteiger partial charge >= 0.3 is 5.97 Å². The molecule has 7 heteroatoms. The number of rotatable bonds is 3. The van der Waals surface area contributed by atoms with Crippen LogP contribution in [-0.2, 0) is 4.74 Å². The van der Waals surface area contributed by atoms with Gasteiger partial charge in [-0.3, -0.25) is 0 Å². The molecule has 2 aromatic rings. The van der Waals surface area contributed by atoms with Gasteiger partial charge in [-0.2, -0.15) is 0 Å². The van der Waals surface area contributed by atoms with E-state index in [2.05, 4.69) is 19.8 Å². The van der Waals surface area contributed by atoms with Crippen LogP contribution in [0.15, 0.2) is 24.7 Å². The number of methoxy groups -OCH3 is 1. The van der Waals surface area contributed by atoms with Gasteiger partial charge in [0.25, 0.3) is 5.82 Å². The Hall–Kier alpha value is -2.28. The Morgan fingerprint density at radius 2 is 2.22 bits per heavy atom. The molecule has 0 unspecified atom stereocenters. The average Bonchev–Trinajstić information content (AvgIpc) is 2.87. The topological polar surface area (TPSA) is 90.1 Å². The number of aliphatic hydroxyl groups excluding tert-OH is 1. The maximum atomic E-state index is 11.2. The Morgan fingerprint density at radius 3 is 2.78 bits per heavy atom. The molecular formula is C11H12N4O3. The number of hydrogen-bond acceptors (Lipinski definition) is 6. The summed E-state index contributed by atoms with van der Waals surface area (Å²) in [7, 11) is 1.26. The zero-order valence-electron chi connectivity index (χ0n) is 9.94. The third-order valence-corrected chi connectivity index (χ3v) is 2.35. The van der Waals surface area contributed by atoms with Crippen LogP contribution in [0, 0.1) is 0 Å². The smallest absolute Gasteiger partial charge is 0.377 e. The third kappa shape index (κ3) is 2.35. The fraction of sp³-hybridized carbons (Fsp3) is 0.273. The SMILES string of the molecule is COC(=O)c1ncn(-c2ccc([C@@H](C)O)cn2)n1. The minimum atomic E-state index is -0.602. The molecule has 0 bridgehead atoms. The number of esters is 1. The van der Waals surface area contributed by atoms with Crippen molar-refractivity contribution in [1.29, 1.82) is 0 Å². The van der Waals surface area contributed by atoms with Crippen LogP contribution >= 0.6 is 0 Å². The molecule has 0 aliphatic rings. The van der Waals surface area contributed by atoms with Crippen LogP contribution in [-0.4, -0.2) is 37.9 Å². The first-order chi connectivity index (χ1) is 8.61. The summed E-state index contributed by atoms with van der Waals surface area (Å²) in [4.78, 5) is 19.1. The second-order valence-electron chi connectivity index (χ2n) is 3.63. The highest BCUT2D eigenvalue weighted by molar-refractivity contribution is 5.84. The van der Waals surface area contributed by atoms with Crippen molar-refractivity contribution in [3.63, 3.8) is 0 Å². The molecular weight excluding hydrogens is 236 g/mol. The van der Waals surface area contributed by atoms with E-state index in [-0.39, 0.29) is 5.82 Å². The summed E-state index contributed by atoms with van der Waals surface area (Å²) >= 11 is 0. The normalized spacial score (nSPS) is 12.2. The van der Waals surface area contributed by atoms with Gasteiger partial charge in [-0.05, 0) is 18.6 Å². The maximum Gasteiger partial charge on any atom is 0.377 e. The van der Waals surface area contributed by atoms with E-state index in [1.54, 1.807) is 25.3 Å². The van der Waals surface area contributed by atoms with Gasteiger partial charge in [-0.15, -0.1) is 5.10 Å². The van der Waals surface area contributed by atoms with E-state index in [0.717, 1.165) is 0 Å². The van der Waals surface area contributed by atoms with Crippen molar-refractivity contribution in [3.8, 4) is 5.82 Å². The molecule has 0 aliphatic heterocycles. The fourth-order valence-electron chi connectivity index (χ4n) is 1.34. The lowest BCUT2D eigenvalue weighted by Gasteiger charge is -2.04. The van der Waals surface area contributed by atoms with Crippen LogP contribution in [0.4, 0.5) is 0 Å². The molecule has 0 fully saturated rings. The van der Waals surface area contributed by atoms with Crippen molar-refractivity contribution in [2.45, 2.75) is 13.0 Å². The van der Waals surface area contributed by atoms with E-state index in [4.69, 9.17) is 0 Å². The third-order valence-electron chi connectivity index (χ3n) is 2.35. The van der Waals surface area contributed by atoms with Crippen LogP contribution in [0.25, 0.3) is 5.82 Å². The van der Waals surface area contributed by atoms with E-state index in [0.29, 0.717) is 11.4 Å². The van der Waals surface area contributed by atoms with Crippen molar-refractivity contribution in [3.05, 3.63) is 36.0 Å². The van der Waals surface area contributed by atoms with Gasteiger partial charge in [0.2, 0.25) is 0 Å². The monoisotopic (exact) mass is 248 g/mol. The number of carbonyl (C=O) groups is 1. The molecule has 0 spiro atoms. The van der Waals surface area contributed by atoms with Gasteiger partial charge < -0.3 is 9.84 Å². The van der Waals surface area contributed by atoms with E-state index >= 15 is 0 Å². The van der Waals surface area contributed by atoms with E-state index in [1.165, 1.54) is 18.1 Å².